The van der Waals surface area contributed by atoms with Gasteiger partial charge in [-0.3, -0.25) is 4.79 Å². The number of rotatable bonds is 5. The quantitative estimate of drug-likeness (QED) is 0.869. The van der Waals surface area contributed by atoms with E-state index in [0.717, 1.165) is 0 Å². The largest absolute Gasteiger partial charge is 0.495 e. The molecular formula is C11H12ClFO3. The lowest BCUT2D eigenvalue weighted by Crippen LogP contribution is -1.97. The fourth-order valence-electron chi connectivity index (χ4n) is 1.35. The number of aliphatic carboxylic acids is 1. The summed E-state index contributed by atoms with van der Waals surface area (Å²) >= 11 is 5.66. The Bertz CT molecular complexity index is 393. The molecule has 1 N–H and O–H groups in total. The average Bonchev–Trinajstić information content (AvgIpc) is 2.22. The Hall–Kier alpha value is -1.29. The van der Waals surface area contributed by atoms with Crippen LogP contribution in [0.2, 0.25) is 5.02 Å². The smallest absolute Gasteiger partial charge is 0.303 e. The van der Waals surface area contributed by atoms with Gasteiger partial charge in [0.05, 0.1) is 7.11 Å². The van der Waals surface area contributed by atoms with Gasteiger partial charge in [0, 0.05) is 6.42 Å². The number of halogens is 2. The summed E-state index contributed by atoms with van der Waals surface area (Å²) in [6.45, 7) is 0. The molecule has 1 rings (SSSR count). The Balaban J connectivity index is 2.74. The molecule has 0 radical (unpaired) electrons. The van der Waals surface area contributed by atoms with Crippen molar-refractivity contribution in [3.05, 3.63) is 28.5 Å². The van der Waals surface area contributed by atoms with E-state index in [9.17, 15) is 9.18 Å². The van der Waals surface area contributed by atoms with E-state index in [2.05, 4.69) is 0 Å². The first-order valence-electron chi connectivity index (χ1n) is 4.78. The van der Waals surface area contributed by atoms with Crippen molar-refractivity contribution in [2.75, 3.05) is 7.11 Å². The van der Waals surface area contributed by atoms with Crippen molar-refractivity contribution < 1.29 is 19.0 Å². The summed E-state index contributed by atoms with van der Waals surface area (Å²) in [6, 6.07) is 2.92. The van der Waals surface area contributed by atoms with Gasteiger partial charge in [-0.1, -0.05) is 11.6 Å². The number of hydrogen-bond donors (Lipinski definition) is 1. The molecule has 1 aromatic carbocycles. The third-order valence-electron chi connectivity index (χ3n) is 2.13. The van der Waals surface area contributed by atoms with Gasteiger partial charge in [-0.15, -0.1) is 0 Å². The predicted molar refractivity (Wildman–Crippen MR) is 58.5 cm³/mol. The van der Waals surface area contributed by atoms with E-state index in [0.29, 0.717) is 18.4 Å². The molecule has 1 aromatic rings. The van der Waals surface area contributed by atoms with Gasteiger partial charge < -0.3 is 9.84 Å². The highest BCUT2D eigenvalue weighted by atomic mass is 35.5. The van der Waals surface area contributed by atoms with Crippen molar-refractivity contribution in [1.82, 2.24) is 0 Å². The van der Waals surface area contributed by atoms with Gasteiger partial charge in [0.25, 0.3) is 0 Å². The van der Waals surface area contributed by atoms with Gasteiger partial charge in [0.2, 0.25) is 0 Å². The van der Waals surface area contributed by atoms with Crippen molar-refractivity contribution in [1.29, 1.82) is 0 Å². The molecule has 0 amide bonds. The fraction of sp³-hybridized carbons (Fsp3) is 0.364. The molecule has 0 atom stereocenters. The lowest BCUT2D eigenvalue weighted by molar-refractivity contribution is -0.137. The van der Waals surface area contributed by atoms with Gasteiger partial charge >= 0.3 is 5.97 Å². The van der Waals surface area contributed by atoms with Crippen LogP contribution >= 0.6 is 11.6 Å². The zero-order valence-electron chi connectivity index (χ0n) is 8.80. The molecule has 0 unspecified atom stereocenters. The maximum atomic E-state index is 13.3. The van der Waals surface area contributed by atoms with E-state index in [4.69, 9.17) is 21.4 Å². The number of aryl methyl sites for hydroxylation is 1. The lowest BCUT2D eigenvalue weighted by atomic mass is 10.1. The maximum Gasteiger partial charge on any atom is 0.303 e. The number of carboxylic acids is 1. The van der Waals surface area contributed by atoms with Crippen LogP contribution in [0.4, 0.5) is 4.39 Å². The highest BCUT2D eigenvalue weighted by Gasteiger charge is 2.09. The van der Waals surface area contributed by atoms with Crippen LogP contribution in [0.5, 0.6) is 5.75 Å². The molecule has 0 aliphatic rings. The number of carboxylic acid groups (broad SMARTS) is 1. The Morgan fingerprint density at radius 2 is 2.25 bits per heavy atom. The summed E-state index contributed by atoms with van der Waals surface area (Å²) in [5.41, 5.74) is 0.681. The molecule has 5 heteroatoms. The molecular weight excluding hydrogens is 235 g/mol. The van der Waals surface area contributed by atoms with E-state index in [1.54, 1.807) is 6.07 Å². The second-order valence-corrected chi connectivity index (χ2v) is 3.72. The minimum absolute atomic E-state index is 0.0514. The second kappa shape index (κ2) is 5.70. The van der Waals surface area contributed by atoms with E-state index in [-0.39, 0.29) is 17.2 Å². The summed E-state index contributed by atoms with van der Waals surface area (Å²) in [7, 11) is 1.40. The third kappa shape index (κ3) is 3.38. The Morgan fingerprint density at radius 3 is 2.81 bits per heavy atom. The van der Waals surface area contributed by atoms with Crippen LogP contribution in [0.25, 0.3) is 0 Å². The molecule has 0 aliphatic heterocycles. The molecule has 0 spiro atoms. The first-order valence-corrected chi connectivity index (χ1v) is 5.16. The highest BCUT2D eigenvalue weighted by Crippen LogP contribution is 2.29. The molecule has 88 valence electrons. The van der Waals surface area contributed by atoms with Gasteiger partial charge in [0.1, 0.15) is 16.6 Å². The van der Waals surface area contributed by atoms with Gasteiger partial charge in [0.15, 0.2) is 0 Å². The Morgan fingerprint density at radius 1 is 1.56 bits per heavy atom. The average molecular weight is 247 g/mol. The van der Waals surface area contributed by atoms with Crippen molar-refractivity contribution in [2.24, 2.45) is 0 Å². The number of methoxy groups -OCH3 is 1. The zero-order valence-corrected chi connectivity index (χ0v) is 9.55. The Labute approximate surface area is 97.8 Å². The van der Waals surface area contributed by atoms with Gasteiger partial charge in [-0.25, -0.2) is 4.39 Å². The Kier molecular flexibility index (Phi) is 4.55. The zero-order chi connectivity index (χ0) is 12.1. The number of benzene rings is 1. The normalized spacial score (nSPS) is 10.2. The summed E-state index contributed by atoms with van der Waals surface area (Å²) in [5.74, 6) is -1.14. The van der Waals surface area contributed by atoms with E-state index >= 15 is 0 Å². The molecule has 0 heterocycles. The lowest BCUT2D eigenvalue weighted by Gasteiger charge is -2.07. The molecule has 3 nitrogen and oxygen atoms in total. The number of hydrogen-bond acceptors (Lipinski definition) is 2. The van der Waals surface area contributed by atoms with Crippen molar-refractivity contribution in [2.45, 2.75) is 19.3 Å². The molecule has 0 saturated heterocycles. The van der Waals surface area contributed by atoms with Crippen molar-refractivity contribution >= 4 is 17.6 Å². The molecule has 0 saturated carbocycles. The molecule has 0 aliphatic carbocycles. The van der Waals surface area contributed by atoms with E-state index < -0.39 is 11.8 Å². The molecule has 0 aromatic heterocycles. The first-order chi connectivity index (χ1) is 7.54. The van der Waals surface area contributed by atoms with Crippen LogP contribution in [0.1, 0.15) is 18.4 Å². The minimum atomic E-state index is -0.860. The summed E-state index contributed by atoms with van der Waals surface area (Å²) in [6.07, 6.45) is 1.00. The van der Waals surface area contributed by atoms with E-state index in [1.165, 1.54) is 13.2 Å². The predicted octanol–water partition coefficient (Wildman–Crippen LogP) is 2.90. The standard InChI is InChI=1S/C11H12ClFO3/c1-16-9-6-7(3-2-4-10(14)15)5-8(13)11(9)12/h5-6H,2-4H2,1H3,(H,14,15). The molecule has 16 heavy (non-hydrogen) atoms. The van der Waals surface area contributed by atoms with Crippen LogP contribution in [0.3, 0.4) is 0 Å². The summed E-state index contributed by atoms with van der Waals surface area (Å²) in [4.78, 5) is 10.3. The van der Waals surface area contributed by atoms with E-state index in [1.807, 2.05) is 0 Å². The first kappa shape index (κ1) is 12.8. The maximum absolute atomic E-state index is 13.3. The number of ether oxygens (including phenoxy) is 1. The fourth-order valence-corrected chi connectivity index (χ4v) is 1.54. The second-order valence-electron chi connectivity index (χ2n) is 3.34. The van der Waals surface area contributed by atoms with Gasteiger partial charge in [-0.2, -0.15) is 0 Å². The minimum Gasteiger partial charge on any atom is -0.495 e. The molecule has 0 bridgehead atoms. The van der Waals surface area contributed by atoms with Gasteiger partial charge in [-0.05, 0) is 30.5 Å². The van der Waals surface area contributed by atoms with Crippen molar-refractivity contribution in [3.8, 4) is 5.75 Å². The highest BCUT2D eigenvalue weighted by molar-refractivity contribution is 6.32. The van der Waals surface area contributed by atoms with Crippen LogP contribution in [-0.2, 0) is 11.2 Å². The summed E-state index contributed by atoms with van der Waals surface area (Å²) < 4.78 is 18.2. The SMILES string of the molecule is COc1cc(CCCC(=O)O)cc(F)c1Cl. The van der Waals surface area contributed by atoms with Crippen LogP contribution in [0, 0.1) is 5.82 Å². The van der Waals surface area contributed by atoms with Crippen LogP contribution < -0.4 is 4.74 Å². The summed E-state index contributed by atoms with van der Waals surface area (Å²) in [5, 5.41) is 8.42. The third-order valence-corrected chi connectivity index (χ3v) is 2.50. The monoisotopic (exact) mass is 246 g/mol. The van der Waals surface area contributed by atoms with Crippen molar-refractivity contribution in [3.63, 3.8) is 0 Å². The van der Waals surface area contributed by atoms with Crippen LogP contribution in [0.15, 0.2) is 12.1 Å². The van der Waals surface area contributed by atoms with Crippen LogP contribution in [-0.4, -0.2) is 18.2 Å². The number of carbonyl (C=O) groups is 1. The topological polar surface area (TPSA) is 46.5 Å². The molecule has 0 fully saturated rings.